The highest BCUT2D eigenvalue weighted by Gasteiger charge is 2.27. The number of aliphatic carboxylic acids is 1. The van der Waals surface area contributed by atoms with Crippen LogP contribution in [0.4, 0.5) is 0 Å². The van der Waals surface area contributed by atoms with Crippen LogP contribution in [0.3, 0.4) is 0 Å². The summed E-state index contributed by atoms with van der Waals surface area (Å²) >= 11 is 1.05. The number of rotatable bonds is 4. The van der Waals surface area contributed by atoms with Crippen LogP contribution in [0, 0.1) is 0 Å². The first-order valence-electron chi connectivity index (χ1n) is 6.00. The molecule has 2 aromatic rings. The van der Waals surface area contributed by atoms with Gasteiger partial charge in [-0.2, -0.15) is 4.98 Å². The molecule has 0 fully saturated rings. The molecule has 1 aliphatic carbocycles. The van der Waals surface area contributed by atoms with E-state index in [1.807, 2.05) is 12.1 Å². The number of carboxylic acid groups (broad SMARTS) is 1. The zero-order chi connectivity index (χ0) is 13.2. The number of carboxylic acids is 1. The first-order chi connectivity index (χ1) is 9.24. The Hall–Kier alpha value is -1.82. The second-order valence-corrected chi connectivity index (χ2v) is 5.32. The lowest BCUT2D eigenvalue weighted by Gasteiger charge is -2.05. The number of thioether (sulfide) groups is 1. The maximum Gasteiger partial charge on any atom is 0.314 e. The molecule has 1 heterocycles. The molecule has 3 rings (SSSR count). The van der Waals surface area contributed by atoms with Crippen LogP contribution in [0.25, 0.3) is 0 Å². The van der Waals surface area contributed by atoms with Crippen LogP contribution in [0.5, 0.6) is 0 Å². The van der Waals surface area contributed by atoms with Crippen LogP contribution in [0.1, 0.15) is 29.3 Å². The molecule has 1 unspecified atom stereocenters. The van der Waals surface area contributed by atoms with Gasteiger partial charge in [-0.05, 0) is 24.0 Å². The summed E-state index contributed by atoms with van der Waals surface area (Å²) in [6.07, 6.45) is 1.99. The van der Waals surface area contributed by atoms with Gasteiger partial charge in [-0.25, -0.2) is 0 Å². The number of aromatic nitrogens is 2. The summed E-state index contributed by atoms with van der Waals surface area (Å²) in [4.78, 5) is 14.8. The van der Waals surface area contributed by atoms with E-state index in [9.17, 15) is 4.79 Å². The number of fused-ring (bicyclic) bond motifs is 1. The fraction of sp³-hybridized carbons (Fsp3) is 0.308. The normalized spacial score (nSPS) is 17.4. The van der Waals surface area contributed by atoms with E-state index in [-0.39, 0.29) is 11.7 Å². The van der Waals surface area contributed by atoms with Crippen molar-refractivity contribution in [1.29, 1.82) is 0 Å². The summed E-state index contributed by atoms with van der Waals surface area (Å²) in [6, 6.07) is 8.26. The number of carbonyl (C=O) groups is 1. The molecule has 1 atom stereocenters. The third kappa shape index (κ3) is 2.49. The maximum atomic E-state index is 10.5. The summed E-state index contributed by atoms with van der Waals surface area (Å²) in [5, 5.41) is 12.9. The van der Waals surface area contributed by atoms with Crippen LogP contribution in [-0.2, 0) is 11.2 Å². The Morgan fingerprint density at radius 3 is 3.16 bits per heavy atom. The molecule has 1 N–H and O–H groups in total. The molecule has 0 saturated heterocycles. The van der Waals surface area contributed by atoms with E-state index in [1.165, 1.54) is 11.1 Å². The van der Waals surface area contributed by atoms with Gasteiger partial charge in [-0.15, -0.1) is 0 Å². The topological polar surface area (TPSA) is 76.2 Å². The smallest absolute Gasteiger partial charge is 0.314 e. The van der Waals surface area contributed by atoms with Crippen molar-refractivity contribution in [1.82, 2.24) is 10.1 Å². The second-order valence-electron chi connectivity index (χ2n) is 4.39. The molecule has 0 aliphatic heterocycles. The molecule has 0 bridgehead atoms. The first kappa shape index (κ1) is 12.2. The largest absolute Gasteiger partial charge is 0.481 e. The minimum atomic E-state index is -0.893. The van der Waals surface area contributed by atoms with Gasteiger partial charge < -0.3 is 9.63 Å². The van der Waals surface area contributed by atoms with Gasteiger partial charge in [-0.3, -0.25) is 4.79 Å². The SMILES string of the molecule is O=C(O)CSc1nc(C2CCc3ccccc32)no1. The average Bonchev–Trinajstić information content (AvgIpc) is 3.02. The molecule has 6 heteroatoms. The summed E-state index contributed by atoms with van der Waals surface area (Å²) < 4.78 is 5.08. The molecule has 1 aromatic heterocycles. The second kappa shape index (κ2) is 5.05. The van der Waals surface area contributed by atoms with Crippen molar-refractivity contribution in [2.45, 2.75) is 24.0 Å². The predicted molar refractivity (Wildman–Crippen MR) is 69.3 cm³/mol. The highest BCUT2D eigenvalue weighted by molar-refractivity contribution is 7.99. The Bertz CT molecular complexity index is 611. The summed E-state index contributed by atoms with van der Waals surface area (Å²) in [5.41, 5.74) is 2.58. The van der Waals surface area contributed by atoms with Gasteiger partial charge in [0.2, 0.25) is 0 Å². The molecule has 1 aliphatic rings. The van der Waals surface area contributed by atoms with E-state index in [4.69, 9.17) is 9.63 Å². The van der Waals surface area contributed by atoms with Gasteiger partial charge in [0.25, 0.3) is 5.22 Å². The van der Waals surface area contributed by atoms with Gasteiger partial charge in [-0.1, -0.05) is 41.2 Å². The van der Waals surface area contributed by atoms with Crippen molar-refractivity contribution in [2.24, 2.45) is 0 Å². The summed E-state index contributed by atoms with van der Waals surface area (Å²) in [5.74, 6) is -0.143. The molecule has 19 heavy (non-hydrogen) atoms. The number of nitrogens with zero attached hydrogens (tertiary/aromatic N) is 2. The van der Waals surface area contributed by atoms with E-state index in [0.29, 0.717) is 11.0 Å². The van der Waals surface area contributed by atoms with Crippen LogP contribution >= 0.6 is 11.8 Å². The van der Waals surface area contributed by atoms with Crippen molar-refractivity contribution in [3.63, 3.8) is 0 Å². The molecule has 1 aromatic carbocycles. The molecular formula is C13H12N2O3S. The van der Waals surface area contributed by atoms with Crippen molar-refractivity contribution < 1.29 is 14.4 Å². The van der Waals surface area contributed by atoms with E-state index in [0.717, 1.165) is 24.6 Å². The fourth-order valence-corrected chi connectivity index (χ4v) is 2.86. The molecule has 0 spiro atoms. The average molecular weight is 276 g/mol. The van der Waals surface area contributed by atoms with Crippen molar-refractivity contribution >= 4 is 17.7 Å². The molecule has 5 nitrogen and oxygen atoms in total. The number of hydrogen-bond donors (Lipinski definition) is 1. The highest BCUT2D eigenvalue weighted by Crippen LogP contribution is 2.36. The van der Waals surface area contributed by atoms with Gasteiger partial charge in [0.05, 0.1) is 0 Å². The highest BCUT2D eigenvalue weighted by atomic mass is 32.2. The number of hydrogen-bond acceptors (Lipinski definition) is 5. The molecule has 98 valence electrons. The Balaban J connectivity index is 1.79. The Morgan fingerprint density at radius 2 is 2.32 bits per heavy atom. The molecule has 0 radical (unpaired) electrons. The number of benzene rings is 1. The molecular weight excluding hydrogens is 264 g/mol. The van der Waals surface area contributed by atoms with E-state index >= 15 is 0 Å². The standard InChI is InChI=1S/C13H12N2O3S/c16-11(17)7-19-13-14-12(15-18-13)10-6-5-8-3-1-2-4-9(8)10/h1-4,10H,5-7H2,(H,16,17). The van der Waals surface area contributed by atoms with Crippen LogP contribution in [-0.4, -0.2) is 27.0 Å². The molecule has 0 amide bonds. The monoisotopic (exact) mass is 276 g/mol. The third-order valence-electron chi connectivity index (χ3n) is 3.19. The number of aryl methyl sites for hydroxylation is 1. The summed E-state index contributed by atoms with van der Waals surface area (Å²) in [6.45, 7) is 0. The lowest BCUT2D eigenvalue weighted by molar-refractivity contribution is -0.133. The fourth-order valence-electron chi connectivity index (χ4n) is 2.37. The van der Waals surface area contributed by atoms with Gasteiger partial charge in [0, 0.05) is 5.92 Å². The van der Waals surface area contributed by atoms with Gasteiger partial charge >= 0.3 is 5.97 Å². The van der Waals surface area contributed by atoms with Crippen molar-refractivity contribution in [3.8, 4) is 0 Å². The Kier molecular flexibility index (Phi) is 3.25. The van der Waals surface area contributed by atoms with E-state index < -0.39 is 5.97 Å². The Morgan fingerprint density at radius 1 is 1.47 bits per heavy atom. The minimum Gasteiger partial charge on any atom is -0.481 e. The first-order valence-corrected chi connectivity index (χ1v) is 6.98. The minimum absolute atomic E-state index is 0.0666. The van der Waals surface area contributed by atoms with E-state index in [1.54, 1.807) is 0 Å². The van der Waals surface area contributed by atoms with Crippen molar-refractivity contribution in [3.05, 3.63) is 41.2 Å². The van der Waals surface area contributed by atoms with Crippen LogP contribution in [0.15, 0.2) is 34.0 Å². The van der Waals surface area contributed by atoms with Crippen molar-refractivity contribution in [2.75, 3.05) is 5.75 Å². The maximum absolute atomic E-state index is 10.5. The van der Waals surface area contributed by atoms with Gasteiger partial charge in [0.15, 0.2) is 5.82 Å². The zero-order valence-corrected chi connectivity index (χ0v) is 10.9. The third-order valence-corrected chi connectivity index (χ3v) is 3.99. The van der Waals surface area contributed by atoms with Crippen LogP contribution < -0.4 is 0 Å². The molecule has 0 saturated carbocycles. The predicted octanol–water partition coefficient (Wildman–Crippen LogP) is 2.32. The summed E-state index contributed by atoms with van der Waals surface area (Å²) in [7, 11) is 0. The quantitative estimate of drug-likeness (QED) is 0.864. The lowest BCUT2D eigenvalue weighted by atomic mass is 10.0. The van der Waals surface area contributed by atoms with Gasteiger partial charge in [0.1, 0.15) is 5.75 Å². The van der Waals surface area contributed by atoms with E-state index in [2.05, 4.69) is 22.3 Å². The Labute approximate surface area is 114 Å². The zero-order valence-electron chi connectivity index (χ0n) is 10.1. The lowest BCUT2D eigenvalue weighted by Crippen LogP contribution is -1.99. The van der Waals surface area contributed by atoms with Crippen LogP contribution in [0.2, 0.25) is 0 Å².